The summed E-state index contributed by atoms with van der Waals surface area (Å²) in [6, 6.07) is -0.410. The minimum Gasteiger partial charge on any atom is -0.446 e. The molecule has 46 heavy (non-hydrogen) atoms. The largest absolute Gasteiger partial charge is 0.446 e. The van der Waals surface area contributed by atoms with Crippen LogP contribution in [0.3, 0.4) is 0 Å². The molecule has 10 atom stereocenters. The van der Waals surface area contributed by atoms with E-state index < -0.39 is 0 Å². The molecular weight excluding hydrogens is 574 g/mol. The maximum Gasteiger partial charge on any atom is 0.407 e. The molecule has 3 saturated carbocycles. The number of aromatic amines is 1. The van der Waals surface area contributed by atoms with E-state index in [1.165, 1.54) is 51.4 Å². The third-order valence-corrected chi connectivity index (χ3v) is 13.6. The summed E-state index contributed by atoms with van der Waals surface area (Å²) < 4.78 is 6.03. The molecule has 0 radical (unpaired) electrons. The molecule has 5 aliphatic rings. The standard InChI is InChI=1S/C38H61N5O3/c1-24(2)7-6-8-25(3)31-11-12-32-30-10-9-26-19-29(13-16-37(26,4)33(30)14-17-38(31,32)5)46-36(45)43-28-20-34(41-22-28)35(44)40-18-15-27-21-39-23-42-27/h9,21,23-25,28-34,41H,6-8,10-20,22H2,1-5H3,(H,39,42)(H,40,44)(H,43,45)/t25?,28-,29-,30?,31+,32?,33?,34?,37-,38+/m0/s1. The molecule has 8 nitrogen and oxygen atoms in total. The normalized spacial score (nSPS) is 37.5. The highest BCUT2D eigenvalue weighted by Crippen LogP contribution is 2.67. The van der Waals surface area contributed by atoms with Crippen molar-refractivity contribution in [3.05, 3.63) is 29.9 Å². The Hall–Kier alpha value is -2.35. The molecule has 0 aromatic carbocycles. The lowest BCUT2D eigenvalue weighted by molar-refractivity contribution is -0.122. The van der Waals surface area contributed by atoms with Gasteiger partial charge in [0, 0.05) is 43.9 Å². The van der Waals surface area contributed by atoms with Crippen molar-refractivity contribution in [3.8, 4) is 0 Å². The van der Waals surface area contributed by atoms with E-state index in [1.807, 2.05) is 0 Å². The molecule has 1 saturated heterocycles. The predicted molar refractivity (Wildman–Crippen MR) is 182 cm³/mol. The number of fused-ring (bicyclic) bond motifs is 5. The minimum atomic E-state index is -0.345. The van der Waals surface area contributed by atoms with Crippen molar-refractivity contribution >= 4 is 12.0 Å². The molecule has 1 aromatic heterocycles. The third-order valence-electron chi connectivity index (χ3n) is 13.6. The Morgan fingerprint density at radius 1 is 1.09 bits per heavy atom. The highest BCUT2D eigenvalue weighted by atomic mass is 16.6. The van der Waals surface area contributed by atoms with E-state index in [0.29, 0.717) is 31.3 Å². The van der Waals surface area contributed by atoms with E-state index in [4.69, 9.17) is 4.74 Å². The Balaban J connectivity index is 0.975. The zero-order chi connectivity index (χ0) is 32.5. The first-order valence-electron chi connectivity index (χ1n) is 18.7. The summed E-state index contributed by atoms with van der Waals surface area (Å²) in [6.45, 7) is 13.6. The molecular formula is C38H61N5O3. The van der Waals surface area contributed by atoms with Crippen molar-refractivity contribution in [2.45, 2.75) is 136 Å². The second kappa shape index (κ2) is 14.0. The zero-order valence-corrected chi connectivity index (χ0v) is 29.2. The zero-order valence-electron chi connectivity index (χ0n) is 29.2. The van der Waals surface area contributed by atoms with Crippen LogP contribution in [0.4, 0.5) is 4.79 Å². The van der Waals surface area contributed by atoms with Crippen LogP contribution in [0.5, 0.6) is 0 Å². The highest BCUT2D eigenvalue weighted by molar-refractivity contribution is 5.82. The van der Waals surface area contributed by atoms with Gasteiger partial charge in [-0.25, -0.2) is 9.78 Å². The summed E-state index contributed by atoms with van der Waals surface area (Å²) in [5.41, 5.74) is 3.30. The van der Waals surface area contributed by atoms with Gasteiger partial charge in [-0.2, -0.15) is 0 Å². The number of nitrogens with one attached hydrogen (secondary N) is 4. The van der Waals surface area contributed by atoms with Gasteiger partial charge in [0.2, 0.25) is 5.91 Å². The maximum atomic E-state index is 13.0. The molecule has 2 heterocycles. The fraction of sp³-hybridized carbons (Fsp3) is 0.816. The van der Waals surface area contributed by atoms with Gasteiger partial charge in [0.05, 0.1) is 12.4 Å². The van der Waals surface area contributed by atoms with Gasteiger partial charge in [-0.3, -0.25) is 4.79 Å². The average Bonchev–Trinajstić information content (AvgIpc) is 3.77. The van der Waals surface area contributed by atoms with E-state index in [-0.39, 0.29) is 35.6 Å². The molecule has 4 fully saturated rings. The number of H-pyrrole nitrogens is 1. The molecule has 4 N–H and O–H groups in total. The van der Waals surface area contributed by atoms with Crippen LogP contribution in [0, 0.1) is 46.3 Å². The Bertz CT molecular complexity index is 1230. The lowest BCUT2D eigenvalue weighted by Gasteiger charge is -2.58. The monoisotopic (exact) mass is 635 g/mol. The third kappa shape index (κ3) is 6.93. The van der Waals surface area contributed by atoms with Crippen molar-refractivity contribution in [2.75, 3.05) is 13.1 Å². The van der Waals surface area contributed by atoms with Crippen LogP contribution in [0.15, 0.2) is 24.2 Å². The van der Waals surface area contributed by atoms with Crippen molar-refractivity contribution in [2.24, 2.45) is 46.3 Å². The minimum absolute atomic E-state index is 0.0291. The number of aromatic nitrogens is 2. The SMILES string of the molecule is CC(C)CCCC(C)[C@H]1CCC2C3CC=C4C[C@@H](OC(=O)N[C@@H]5CNC(C(=O)NCCc6cnc[nH]6)C5)CC[C@]4(C)C3CC[C@@]21C. The molecule has 0 bridgehead atoms. The molecule has 1 aromatic rings. The second-order valence-corrected chi connectivity index (χ2v) is 16.7. The Morgan fingerprint density at radius 3 is 2.72 bits per heavy atom. The number of nitrogens with zero attached hydrogens (tertiary/aromatic N) is 1. The molecule has 5 unspecified atom stereocenters. The number of alkyl carbamates (subject to hydrolysis) is 1. The van der Waals surface area contributed by atoms with Gasteiger partial charge in [0.15, 0.2) is 0 Å². The van der Waals surface area contributed by atoms with Crippen molar-refractivity contribution < 1.29 is 14.3 Å². The van der Waals surface area contributed by atoms with E-state index in [2.05, 4.69) is 66.6 Å². The number of imidazole rings is 1. The number of ether oxygens (including phenoxy) is 1. The van der Waals surface area contributed by atoms with Gasteiger partial charge < -0.3 is 25.7 Å². The first-order chi connectivity index (χ1) is 22.1. The van der Waals surface area contributed by atoms with Gasteiger partial charge in [-0.1, -0.05) is 65.5 Å². The maximum absolute atomic E-state index is 13.0. The Labute approximate surface area is 277 Å². The summed E-state index contributed by atoms with van der Waals surface area (Å²) >= 11 is 0. The van der Waals surface area contributed by atoms with Gasteiger partial charge in [-0.15, -0.1) is 0 Å². The summed E-state index contributed by atoms with van der Waals surface area (Å²) in [4.78, 5) is 32.6. The number of carbonyl (C=O) groups excluding carboxylic acids is 2. The Kier molecular flexibility index (Phi) is 10.2. The second-order valence-electron chi connectivity index (χ2n) is 16.7. The van der Waals surface area contributed by atoms with Crippen molar-refractivity contribution in [3.63, 3.8) is 0 Å². The predicted octanol–water partition coefficient (Wildman–Crippen LogP) is 6.94. The van der Waals surface area contributed by atoms with E-state index in [9.17, 15) is 9.59 Å². The van der Waals surface area contributed by atoms with E-state index in [0.717, 1.165) is 60.5 Å². The van der Waals surface area contributed by atoms with Crippen LogP contribution in [-0.4, -0.2) is 53.2 Å². The number of hydrogen-bond donors (Lipinski definition) is 4. The van der Waals surface area contributed by atoms with Crippen LogP contribution in [0.25, 0.3) is 0 Å². The first kappa shape index (κ1) is 33.5. The van der Waals surface area contributed by atoms with Crippen LogP contribution in [0.1, 0.15) is 117 Å². The number of rotatable bonds is 11. The lowest BCUT2D eigenvalue weighted by Crippen LogP contribution is -2.51. The highest BCUT2D eigenvalue weighted by Gasteiger charge is 2.59. The molecule has 256 valence electrons. The fourth-order valence-corrected chi connectivity index (χ4v) is 11.0. The number of hydrogen-bond acceptors (Lipinski definition) is 5. The molecule has 6 rings (SSSR count). The van der Waals surface area contributed by atoms with Crippen molar-refractivity contribution in [1.82, 2.24) is 25.9 Å². The van der Waals surface area contributed by atoms with Crippen molar-refractivity contribution in [1.29, 1.82) is 0 Å². The summed E-state index contributed by atoms with van der Waals surface area (Å²) in [7, 11) is 0. The van der Waals surface area contributed by atoms with Gasteiger partial charge in [0.25, 0.3) is 0 Å². The van der Waals surface area contributed by atoms with Crippen LogP contribution in [0.2, 0.25) is 0 Å². The number of carbonyl (C=O) groups is 2. The van der Waals surface area contributed by atoms with Crippen LogP contribution < -0.4 is 16.0 Å². The molecule has 2 amide bonds. The van der Waals surface area contributed by atoms with Crippen LogP contribution >= 0.6 is 0 Å². The summed E-state index contributed by atoms with van der Waals surface area (Å²) in [5.74, 6) is 4.96. The summed E-state index contributed by atoms with van der Waals surface area (Å²) in [6.07, 6.45) is 20.7. The fourth-order valence-electron chi connectivity index (χ4n) is 11.0. The summed E-state index contributed by atoms with van der Waals surface area (Å²) in [5, 5.41) is 9.28. The van der Waals surface area contributed by atoms with E-state index in [1.54, 1.807) is 18.1 Å². The smallest absolute Gasteiger partial charge is 0.407 e. The quantitative estimate of drug-likeness (QED) is 0.197. The number of amides is 2. The lowest BCUT2D eigenvalue weighted by atomic mass is 9.47. The Morgan fingerprint density at radius 2 is 1.93 bits per heavy atom. The molecule has 4 aliphatic carbocycles. The van der Waals surface area contributed by atoms with Crippen LogP contribution in [-0.2, 0) is 16.0 Å². The van der Waals surface area contributed by atoms with Gasteiger partial charge in [-0.05, 0) is 97.7 Å². The molecule has 1 aliphatic heterocycles. The topological polar surface area (TPSA) is 108 Å². The van der Waals surface area contributed by atoms with Gasteiger partial charge in [0.1, 0.15) is 6.10 Å². The molecule has 8 heteroatoms. The first-order valence-corrected chi connectivity index (χ1v) is 18.7. The van der Waals surface area contributed by atoms with Gasteiger partial charge >= 0.3 is 6.09 Å². The molecule has 0 spiro atoms. The van der Waals surface area contributed by atoms with E-state index >= 15 is 0 Å². The average molecular weight is 636 g/mol. The number of allylic oxidation sites excluding steroid dienone is 1.